The summed E-state index contributed by atoms with van der Waals surface area (Å²) in [6.07, 6.45) is 8.36. The Hall–Kier alpha value is -2.68. The van der Waals surface area contributed by atoms with Crippen LogP contribution in [0.25, 0.3) is 16.8 Å². The summed E-state index contributed by atoms with van der Waals surface area (Å²) >= 11 is 0. The van der Waals surface area contributed by atoms with E-state index in [0.717, 1.165) is 11.3 Å². The molecule has 0 saturated heterocycles. The van der Waals surface area contributed by atoms with Crippen molar-refractivity contribution in [2.45, 2.75) is 0 Å². The molecule has 3 aromatic rings. The fourth-order valence-electron chi connectivity index (χ4n) is 1.51. The van der Waals surface area contributed by atoms with Gasteiger partial charge in [-0.15, -0.1) is 0 Å². The largest absolute Gasteiger partial charge is 0.285 e. The van der Waals surface area contributed by atoms with Crippen molar-refractivity contribution in [3.8, 4) is 17.3 Å². The Morgan fingerprint density at radius 1 is 1.31 bits per heavy atom. The molecule has 6 heteroatoms. The number of nitriles is 1. The first-order valence-corrected chi connectivity index (χ1v) is 4.61. The van der Waals surface area contributed by atoms with Gasteiger partial charge < -0.3 is 0 Å². The topological polar surface area (TPSA) is 82.7 Å². The highest BCUT2D eigenvalue weighted by molar-refractivity contribution is 5.63. The van der Waals surface area contributed by atoms with Gasteiger partial charge >= 0.3 is 0 Å². The maximum absolute atomic E-state index is 8.83. The van der Waals surface area contributed by atoms with E-state index in [-0.39, 0.29) is 0 Å². The van der Waals surface area contributed by atoms with Crippen LogP contribution in [-0.4, -0.2) is 24.8 Å². The van der Waals surface area contributed by atoms with Crippen molar-refractivity contribution in [2.75, 3.05) is 0 Å². The summed E-state index contributed by atoms with van der Waals surface area (Å²) in [6.45, 7) is 0. The molecule has 0 bridgehead atoms. The first-order chi connectivity index (χ1) is 7.88. The fraction of sp³-hybridized carbons (Fsp3) is 0. The lowest BCUT2D eigenvalue weighted by Gasteiger charge is -1.97. The highest BCUT2D eigenvalue weighted by Crippen LogP contribution is 2.16. The van der Waals surface area contributed by atoms with Gasteiger partial charge in [-0.25, -0.2) is 4.52 Å². The minimum atomic E-state index is 0.520. The smallest absolute Gasteiger partial charge is 0.103 e. The predicted octanol–water partition coefficient (Wildman–Crippen LogP) is 0.991. The molecule has 3 rings (SSSR count). The van der Waals surface area contributed by atoms with Crippen LogP contribution >= 0.6 is 0 Å². The van der Waals surface area contributed by atoms with E-state index in [9.17, 15) is 0 Å². The van der Waals surface area contributed by atoms with Crippen LogP contribution in [0.4, 0.5) is 0 Å². The highest BCUT2D eigenvalue weighted by Gasteiger charge is 2.06. The summed E-state index contributed by atoms with van der Waals surface area (Å²) in [5.41, 5.74) is 2.87. The van der Waals surface area contributed by atoms with Crippen molar-refractivity contribution in [2.24, 2.45) is 0 Å². The molecule has 0 atom stereocenters. The third-order valence-corrected chi connectivity index (χ3v) is 2.32. The maximum Gasteiger partial charge on any atom is 0.103 e. The van der Waals surface area contributed by atoms with E-state index in [2.05, 4.69) is 26.3 Å². The van der Waals surface area contributed by atoms with E-state index in [1.165, 1.54) is 6.20 Å². The van der Waals surface area contributed by atoms with Gasteiger partial charge in [0.15, 0.2) is 0 Å². The molecule has 3 heterocycles. The molecule has 16 heavy (non-hydrogen) atoms. The fourth-order valence-corrected chi connectivity index (χ4v) is 1.51. The Labute approximate surface area is 90.2 Å². The number of aromatic nitrogens is 5. The summed E-state index contributed by atoms with van der Waals surface area (Å²) in [7, 11) is 0. The number of fused-ring (bicyclic) bond motifs is 1. The second-order valence-electron chi connectivity index (χ2n) is 3.26. The van der Waals surface area contributed by atoms with Crippen LogP contribution in [0.5, 0.6) is 0 Å². The number of rotatable bonds is 1. The maximum atomic E-state index is 8.83. The van der Waals surface area contributed by atoms with E-state index in [0.29, 0.717) is 11.1 Å². The van der Waals surface area contributed by atoms with Crippen LogP contribution in [0.15, 0.2) is 31.0 Å². The molecule has 0 aliphatic heterocycles. The molecule has 0 amide bonds. The Balaban J connectivity index is 2.22. The highest BCUT2D eigenvalue weighted by atomic mass is 15.2. The van der Waals surface area contributed by atoms with Gasteiger partial charge in [-0.05, 0) is 0 Å². The van der Waals surface area contributed by atoms with Gasteiger partial charge in [0.1, 0.15) is 11.6 Å². The first-order valence-electron chi connectivity index (χ1n) is 4.61. The summed E-state index contributed by atoms with van der Waals surface area (Å²) in [4.78, 5) is 4.26. The van der Waals surface area contributed by atoms with E-state index >= 15 is 0 Å². The average Bonchev–Trinajstić information content (AvgIpc) is 2.97. The van der Waals surface area contributed by atoms with Crippen LogP contribution in [0, 0.1) is 11.3 Å². The first kappa shape index (κ1) is 8.61. The van der Waals surface area contributed by atoms with Crippen LogP contribution in [0.2, 0.25) is 0 Å². The van der Waals surface area contributed by atoms with E-state index in [4.69, 9.17) is 5.26 Å². The van der Waals surface area contributed by atoms with Gasteiger partial charge in [0.05, 0.1) is 36.0 Å². The summed E-state index contributed by atoms with van der Waals surface area (Å²) in [6, 6.07) is 2.06. The molecule has 0 radical (unpaired) electrons. The lowest BCUT2D eigenvalue weighted by Crippen LogP contribution is -1.91. The third kappa shape index (κ3) is 1.15. The molecule has 0 aliphatic rings. The Bertz CT molecular complexity index is 673. The van der Waals surface area contributed by atoms with Crippen LogP contribution in [0.3, 0.4) is 0 Å². The molecule has 76 valence electrons. The predicted molar refractivity (Wildman–Crippen MR) is 55.3 cm³/mol. The van der Waals surface area contributed by atoms with Crippen molar-refractivity contribution >= 4 is 5.52 Å². The Morgan fingerprint density at radius 2 is 2.25 bits per heavy atom. The standard InChI is InChI=1S/C10H6N6/c11-1-7-4-15-16-6-9(12-5-10(7)16)8-2-13-14-3-8/h2-6H,(H,13,14). The lowest BCUT2D eigenvalue weighted by molar-refractivity contribution is 0.949. The molecule has 0 unspecified atom stereocenters. The zero-order chi connectivity index (χ0) is 11.0. The summed E-state index contributed by atoms with van der Waals surface area (Å²) in [5.74, 6) is 0. The summed E-state index contributed by atoms with van der Waals surface area (Å²) in [5, 5.41) is 19.5. The molecular formula is C10H6N6. The van der Waals surface area contributed by atoms with Gasteiger partial charge in [-0.2, -0.15) is 15.5 Å². The number of hydrogen-bond donors (Lipinski definition) is 1. The number of H-pyrrole nitrogens is 1. The zero-order valence-corrected chi connectivity index (χ0v) is 8.12. The molecule has 0 fully saturated rings. The number of aromatic amines is 1. The van der Waals surface area contributed by atoms with Crippen LogP contribution < -0.4 is 0 Å². The van der Waals surface area contributed by atoms with E-state index in [1.54, 1.807) is 29.3 Å². The van der Waals surface area contributed by atoms with Crippen molar-refractivity contribution in [1.82, 2.24) is 24.8 Å². The average molecular weight is 210 g/mol. The second kappa shape index (κ2) is 3.17. The van der Waals surface area contributed by atoms with Crippen molar-refractivity contribution < 1.29 is 0 Å². The Kier molecular flexibility index (Phi) is 1.71. The van der Waals surface area contributed by atoms with Crippen molar-refractivity contribution in [3.63, 3.8) is 0 Å². The van der Waals surface area contributed by atoms with Crippen molar-refractivity contribution in [3.05, 3.63) is 36.5 Å². The molecule has 0 aromatic carbocycles. The normalized spacial score (nSPS) is 10.4. The van der Waals surface area contributed by atoms with Gasteiger partial charge in [0, 0.05) is 11.8 Å². The SMILES string of the molecule is N#Cc1cnn2cc(-c3cn[nH]c3)ncc12. The van der Waals surface area contributed by atoms with E-state index in [1.807, 2.05) is 0 Å². The van der Waals surface area contributed by atoms with Gasteiger partial charge in [0.2, 0.25) is 0 Å². The molecule has 0 spiro atoms. The van der Waals surface area contributed by atoms with Gasteiger partial charge in [-0.1, -0.05) is 0 Å². The minimum absolute atomic E-state index is 0.520. The molecular weight excluding hydrogens is 204 g/mol. The molecule has 0 aliphatic carbocycles. The number of hydrogen-bond acceptors (Lipinski definition) is 4. The van der Waals surface area contributed by atoms with Crippen LogP contribution in [-0.2, 0) is 0 Å². The molecule has 6 nitrogen and oxygen atoms in total. The van der Waals surface area contributed by atoms with Crippen molar-refractivity contribution in [1.29, 1.82) is 5.26 Å². The lowest BCUT2D eigenvalue weighted by atomic mass is 10.2. The monoisotopic (exact) mass is 210 g/mol. The van der Waals surface area contributed by atoms with Gasteiger partial charge in [-0.3, -0.25) is 10.1 Å². The number of nitrogens with zero attached hydrogens (tertiary/aromatic N) is 5. The Morgan fingerprint density at radius 3 is 3.00 bits per heavy atom. The van der Waals surface area contributed by atoms with Crippen LogP contribution in [0.1, 0.15) is 5.56 Å². The van der Waals surface area contributed by atoms with Gasteiger partial charge in [0.25, 0.3) is 0 Å². The minimum Gasteiger partial charge on any atom is -0.285 e. The molecule has 3 aromatic heterocycles. The zero-order valence-electron chi connectivity index (χ0n) is 8.12. The second-order valence-corrected chi connectivity index (χ2v) is 3.26. The molecule has 1 N–H and O–H groups in total. The molecule has 0 saturated carbocycles. The summed E-state index contributed by atoms with van der Waals surface area (Å²) < 4.78 is 1.63. The third-order valence-electron chi connectivity index (χ3n) is 2.32. The quantitative estimate of drug-likeness (QED) is 0.649. The number of nitrogens with one attached hydrogen (secondary N) is 1. The van der Waals surface area contributed by atoms with E-state index < -0.39 is 0 Å².